The average molecular weight is 252 g/mol. The van der Waals surface area contributed by atoms with Crippen LogP contribution in [-0.4, -0.2) is 17.6 Å². The van der Waals surface area contributed by atoms with Crippen molar-refractivity contribution < 1.29 is 0 Å². The van der Waals surface area contributed by atoms with Gasteiger partial charge in [0.25, 0.3) is 0 Å². The third-order valence-electron chi connectivity index (χ3n) is 3.80. The van der Waals surface area contributed by atoms with E-state index in [0.717, 1.165) is 30.6 Å². The second-order valence-electron chi connectivity index (χ2n) is 5.22. The van der Waals surface area contributed by atoms with Crippen molar-refractivity contribution in [2.75, 3.05) is 6.54 Å². The zero-order chi connectivity index (χ0) is 12.1. The molecular formula is C14H24N2S. The van der Waals surface area contributed by atoms with E-state index in [2.05, 4.69) is 29.5 Å². The Kier molecular flexibility index (Phi) is 4.99. The van der Waals surface area contributed by atoms with Crippen LogP contribution in [0.15, 0.2) is 5.38 Å². The Hall–Kier alpha value is -0.410. The van der Waals surface area contributed by atoms with E-state index in [-0.39, 0.29) is 0 Å². The quantitative estimate of drug-likeness (QED) is 0.867. The minimum atomic E-state index is 0.759. The smallest absolute Gasteiger partial charge is 0.0940 e. The number of thiazole rings is 1. The Morgan fingerprint density at radius 1 is 1.47 bits per heavy atom. The summed E-state index contributed by atoms with van der Waals surface area (Å²) >= 11 is 1.79. The first kappa shape index (κ1) is 13.0. The molecule has 0 amide bonds. The van der Waals surface area contributed by atoms with Crippen LogP contribution in [0.25, 0.3) is 0 Å². The molecule has 0 aliphatic heterocycles. The van der Waals surface area contributed by atoms with Gasteiger partial charge in [-0.1, -0.05) is 26.2 Å². The highest BCUT2D eigenvalue weighted by Crippen LogP contribution is 2.26. The number of rotatable bonds is 5. The molecule has 1 aliphatic rings. The summed E-state index contributed by atoms with van der Waals surface area (Å²) in [4.78, 5) is 4.50. The van der Waals surface area contributed by atoms with Gasteiger partial charge in [-0.25, -0.2) is 4.98 Å². The SMILES string of the molecule is CCC1CCCC(NCCc2nc(C)cs2)C1. The van der Waals surface area contributed by atoms with Gasteiger partial charge in [0, 0.05) is 30.1 Å². The van der Waals surface area contributed by atoms with E-state index in [4.69, 9.17) is 0 Å². The van der Waals surface area contributed by atoms with Gasteiger partial charge in [0.1, 0.15) is 0 Å². The highest BCUT2D eigenvalue weighted by atomic mass is 32.1. The monoisotopic (exact) mass is 252 g/mol. The second kappa shape index (κ2) is 6.50. The predicted octanol–water partition coefficient (Wildman–Crippen LogP) is 3.55. The minimum Gasteiger partial charge on any atom is -0.314 e. The molecule has 17 heavy (non-hydrogen) atoms. The van der Waals surface area contributed by atoms with Crippen LogP contribution in [0.3, 0.4) is 0 Å². The standard InChI is InChI=1S/C14H24N2S/c1-3-12-5-4-6-13(9-12)15-8-7-14-16-11(2)10-17-14/h10,12-13,15H,3-9H2,1-2H3. The third kappa shape index (κ3) is 4.07. The fourth-order valence-corrected chi connectivity index (χ4v) is 3.52. The molecule has 2 nitrogen and oxygen atoms in total. The Morgan fingerprint density at radius 3 is 3.06 bits per heavy atom. The lowest BCUT2D eigenvalue weighted by Gasteiger charge is -2.29. The molecule has 1 aromatic heterocycles. The summed E-state index contributed by atoms with van der Waals surface area (Å²) in [5.41, 5.74) is 1.16. The first-order chi connectivity index (χ1) is 8.28. The van der Waals surface area contributed by atoms with Crippen LogP contribution in [0.2, 0.25) is 0 Å². The Labute approximate surface area is 109 Å². The van der Waals surface area contributed by atoms with E-state index in [9.17, 15) is 0 Å². The topological polar surface area (TPSA) is 24.9 Å². The zero-order valence-electron chi connectivity index (χ0n) is 11.0. The molecule has 0 saturated heterocycles. The van der Waals surface area contributed by atoms with Gasteiger partial charge in [-0.15, -0.1) is 11.3 Å². The van der Waals surface area contributed by atoms with Crippen molar-refractivity contribution in [1.29, 1.82) is 0 Å². The summed E-state index contributed by atoms with van der Waals surface area (Å²) in [5, 5.41) is 7.13. The normalized spacial score (nSPS) is 25.1. The van der Waals surface area contributed by atoms with E-state index < -0.39 is 0 Å². The molecule has 1 fully saturated rings. The number of aryl methyl sites for hydroxylation is 1. The molecule has 0 radical (unpaired) electrons. The van der Waals surface area contributed by atoms with Crippen LogP contribution in [0.1, 0.15) is 49.7 Å². The summed E-state index contributed by atoms with van der Waals surface area (Å²) in [6, 6.07) is 0.759. The largest absolute Gasteiger partial charge is 0.314 e. The van der Waals surface area contributed by atoms with Crippen molar-refractivity contribution in [3.8, 4) is 0 Å². The summed E-state index contributed by atoms with van der Waals surface area (Å²) in [7, 11) is 0. The molecule has 2 unspecified atom stereocenters. The predicted molar refractivity (Wildman–Crippen MR) is 74.6 cm³/mol. The maximum Gasteiger partial charge on any atom is 0.0940 e. The fourth-order valence-electron chi connectivity index (χ4n) is 2.75. The van der Waals surface area contributed by atoms with Crippen LogP contribution in [0.5, 0.6) is 0 Å². The second-order valence-corrected chi connectivity index (χ2v) is 6.17. The van der Waals surface area contributed by atoms with E-state index >= 15 is 0 Å². The van der Waals surface area contributed by atoms with Gasteiger partial charge in [-0.05, 0) is 25.7 Å². The summed E-state index contributed by atoms with van der Waals surface area (Å²) in [6.45, 7) is 5.49. The van der Waals surface area contributed by atoms with Gasteiger partial charge >= 0.3 is 0 Å². The van der Waals surface area contributed by atoms with Gasteiger partial charge in [0.05, 0.1) is 5.01 Å². The summed E-state index contributed by atoms with van der Waals surface area (Å²) < 4.78 is 0. The van der Waals surface area contributed by atoms with E-state index in [1.54, 1.807) is 11.3 Å². The van der Waals surface area contributed by atoms with Crippen molar-refractivity contribution >= 4 is 11.3 Å². The zero-order valence-corrected chi connectivity index (χ0v) is 11.9. The van der Waals surface area contributed by atoms with Crippen LogP contribution in [-0.2, 0) is 6.42 Å². The number of aromatic nitrogens is 1. The highest BCUT2D eigenvalue weighted by molar-refractivity contribution is 7.09. The average Bonchev–Trinajstić information content (AvgIpc) is 2.75. The van der Waals surface area contributed by atoms with Crippen LogP contribution in [0, 0.1) is 12.8 Å². The van der Waals surface area contributed by atoms with Gasteiger partial charge in [-0.2, -0.15) is 0 Å². The molecule has 0 aromatic carbocycles. The minimum absolute atomic E-state index is 0.759. The van der Waals surface area contributed by atoms with E-state index in [0.29, 0.717) is 0 Å². The maximum atomic E-state index is 4.50. The Balaban J connectivity index is 1.68. The van der Waals surface area contributed by atoms with Gasteiger partial charge < -0.3 is 5.32 Å². The highest BCUT2D eigenvalue weighted by Gasteiger charge is 2.19. The Bertz CT molecular complexity index is 335. The molecule has 0 spiro atoms. The van der Waals surface area contributed by atoms with Crippen LogP contribution >= 0.6 is 11.3 Å². The van der Waals surface area contributed by atoms with Crippen LogP contribution in [0.4, 0.5) is 0 Å². The molecule has 3 heteroatoms. The first-order valence-electron chi connectivity index (χ1n) is 6.92. The molecule has 2 atom stereocenters. The van der Waals surface area contributed by atoms with Gasteiger partial charge in [-0.3, -0.25) is 0 Å². The van der Waals surface area contributed by atoms with Crippen molar-refractivity contribution in [3.63, 3.8) is 0 Å². The number of hydrogen-bond donors (Lipinski definition) is 1. The molecule has 2 rings (SSSR count). The molecule has 1 aliphatic carbocycles. The molecule has 1 aromatic rings. The van der Waals surface area contributed by atoms with Crippen molar-refractivity contribution in [3.05, 3.63) is 16.1 Å². The number of hydrogen-bond acceptors (Lipinski definition) is 3. The van der Waals surface area contributed by atoms with Crippen LogP contribution < -0.4 is 5.32 Å². The number of nitrogens with zero attached hydrogens (tertiary/aromatic N) is 1. The lowest BCUT2D eigenvalue weighted by Crippen LogP contribution is -2.35. The lowest BCUT2D eigenvalue weighted by atomic mass is 9.84. The van der Waals surface area contributed by atoms with Gasteiger partial charge in [0.15, 0.2) is 0 Å². The molecule has 1 N–H and O–H groups in total. The summed E-state index contributed by atoms with van der Waals surface area (Å²) in [5.74, 6) is 0.961. The first-order valence-corrected chi connectivity index (χ1v) is 7.80. The van der Waals surface area contributed by atoms with Crippen molar-refractivity contribution in [1.82, 2.24) is 10.3 Å². The fraction of sp³-hybridized carbons (Fsp3) is 0.786. The molecular weight excluding hydrogens is 228 g/mol. The maximum absolute atomic E-state index is 4.50. The van der Waals surface area contributed by atoms with E-state index in [1.807, 2.05) is 0 Å². The molecule has 96 valence electrons. The lowest BCUT2D eigenvalue weighted by molar-refractivity contribution is 0.280. The molecule has 1 heterocycles. The summed E-state index contributed by atoms with van der Waals surface area (Å²) in [6.07, 6.45) is 8.04. The third-order valence-corrected chi connectivity index (χ3v) is 4.83. The van der Waals surface area contributed by atoms with Crippen molar-refractivity contribution in [2.24, 2.45) is 5.92 Å². The van der Waals surface area contributed by atoms with E-state index in [1.165, 1.54) is 37.1 Å². The van der Waals surface area contributed by atoms with Crippen molar-refractivity contribution in [2.45, 2.75) is 58.4 Å². The molecule has 0 bridgehead atoms. The molecule has 1 saturated carbocycles. The Morgan fingerprint density at radius 2 is 2.35 bits per heavy atom. The van der Waals surface area contributed by atoms with Gasteiger partial charge in [0.2, 0.25) is 0 Å². The number of nitrogens with one attached hydrogen (secondary N) is 1.